The maximum absolute atomic E-state index is 3.97. The normalized spacial score (nSPS) is 41.1. The molecule has 3 fully saturated rings. The van der Waals surface area contributed by atoms with E-state index < -0.39 is 0 Å². The largest absolute Gasteiger partial charge is 0.311 e. The van der Waals surface area contributed by atoms with Gasteiger partial charge in [0.15, 0.2) is 0 Å². The zero-order valence-corrected chi connectivity index (χ0v) is 9.02. The molecule has 0 aromatic rings. The van der Waals surface area contributed by atoms with Crippen molar-refractivity contribution < 1.29 is 0 Å². The molecular weight excluding hydrogens is 172 g/mol. The summed E-state index contributed by atoms with van der Waals surface area (Å²) < 4.78 is 0. The minimum absolute atomic E-state index is 0.499. The van der Waals surface area contributed by atoms with Crippen LogP contribution in [0.2, 0.25) is 0 Å². The maximum atomic E-state index is 3.97. The van der Waals surface area contributed by atoms with Crippen LogP contribution in [0.25, 0.3) is 0 Å². The Morgan fingerprint density at radius 3 is 2.36 bits per heavy atom. The Balaban J connectivity index is 1.70. The van der Waals surface area contributed by atoms with Crippen LogP contribution in [0.5, 0.6) is 0 Å². The molecule has 3 rings (SSSR count). The Morgan fingerprint density at radius 2 is 1.57 bits per heavy atom. The van der Waals surface area contributed by atoms with Gasteiger partial charge in [0.2, 0.25) is 0 Å². The van der Waals surface area contributed by atoms with Gasteiger partial charge < -0.3 is 10.6 Å². The van der Waals surface area contributed by atoms with Crippen molar-refractivity contribution >= 4 is 0 Å². The molecule has 2 heteroatoms. The summed E-state index contributed by atoms with van der Waals surface area (Å²) in [6.45, 7) is 1.23. The molecule has 2 nitrogen and oxygen atoms in total. The number of rotatable bonds is 0. The van der Waals surface area contributed by atoms with E-state index in [1.165, 1.54) is 57.9 Å². The van der Waals surface area contributed by atoms with Crippen LogP contribution in [0.3, 0.4) is 0 Å². The first kappa shape index (κ1) is 9.17. The van der Waals surface area contributed by atoms with Gasteiger partial charge in [-0.25, -0.2) is 0 Å². The molecule has 1 heterocycles. The van der Waals surface area contributed by atoms with Crippen LogP contribution < -0.4 is 10.6 Å². The summed E-state index contributed by atoms with van der Waals surface area (Å²) in [4.78, 5) is 0. The summed E-state index contributed by atoms with van der Waals surface area (Å²) in [5.41, 5.74) is 0.499. The van der Waals surface area contributed by atoms with Crippen LogP contribution in [0.15, 0.2) is 0 Å². The quantitative estimate of drug-likeness (QED) is 0.614. The van der Waals surface area contributed by atoms with Gasteiger partial charge in [-0.2, -0.15) is 0 Å². The van der Waals surface area contributed by atoms with E-state index in [0.29, 0.717) is 5.54 Å². The second-order valence-electron chi connectivity index (χ2n) is 5.51. The maximum Gasteiger partial charge on any atom is 0.0309 e. The fourth-order valence-electron chi connectivity index (χ4n) is 3.69. The SMILES string of the molecule is C1CC[C@@H]2NC3(CCCC3)CN[C@H]2C1. The fourth-order valence-corrected chi connectivity index (χ4v) is 3.69. The van der Waals surface area contributed by atoms with Crippen molar-refractivity contribution in [3.8, 4) is 0 Å². The highest BCUT2D eigenvalue weighted by Gasteiger charge is 2.41. The van der Waals surface area contributed by atoms with Crippen LogP contribution in [-0.2, 0) is 0 Å². The van der Waals surface area contributed by atoms with E-state index in [9.17, 15) is 0 Å². The average Bonchev–Trinajstić information content (AvgIpc) is 2.66. The lowest BCUT2D eigenvalue weighted by molar-refractivity contribution is 0.149. The third kappa shape index (κ3) is 1.49. The Morgan fingerprint density at radius 1 is 0.857 bits per heavy atom. The molecule has 2 N–H and O–H groups in total. The number of nitrogens with one attached hydrogen (secondary N) is 2. The van der Waals surface area contributed by atoms with E-state index in [-0.39, 0.29) is 0 Å². The predicted molar refractivity (Wildman–Crippen MR) is 58.4 cm³/mol. The van der Waals surface area contributed by atoms with Gasteiger partial charge in [0, 0.05) is 24.2 Å². The topological polar surface area (TPSA) is 24.1 Å². The standard InChI is InChI=1S/C12H22N2/c1-2-6-11-10(5-1)13-9-12(14-11)7-3-4-8-12/h10-11,13-14H,1-9H2/t10-,11-/m0/s1. The second kappa shape index (κ2) is 3.49. The molecule has 0 aromatic heterocycles. The van der Waals surface area contributed by atoms with Gasteiger partial charge in [-0.05, 0) is 25.7 Å². The molecular formula is C12H22N2. The van der Waals surface area contributed by atoms with Gasteiger partial charge in [0.1, 0.15) is 0 Å². The second-order valence-corrected chi connectivity index (χ2v) is 5.51. The molecule has 1 aliphatic heterocycles. The molecule has 2 saturated carbocycles. The smallest absolute Gasteiger partial charge is 0.0309 e. The van der Waals surface area contributed by atoms with Crippen molar-refractivity contribution in [1.82, 2.24) is 10.6 Å². The Kier molecular flexibility index (Phi) is 2.29. The lowest BCUT2D eigenvalue weighted by Gasteiger charge is -2.47. The minimum atomic E-state index is 0.499. The van der Waals surface area contributed by atoms with Gasteiger partial charge in [0.05, 0.1) is 0 Å². The van der Waals surface area contributed by atoms with E-state index in [1.807, 2.05) is 0 Å². The summed E-state index contributed by atoms with van der Waals surface area (Å²) in [5.74, 6) is 0. The number of hydrogen-bond donors (Lipinski definition) is 2. The highest BCUT2D eigenvalue weighted by molar-refractivity contribution is 5.04. The van der Waals surface area contributed by atoms with Gasteiger partial charge in [-0.3, -0.25) is 0 Å². The molecule has 14 heavy (non-hydrogen) atoms. The Hall–Kier alpha value is -0.0800. The summed E-state index contributed by atoms with van der Waals surface area (Å²) in [6.07, 6.45) is 11.4. The lowest BCUT2D eigenvalue weighted by atomic mass is 9.83. The Labute approximate surface area is 86.8 Å². The molecule has 0 unspecified atom stereocenters. The molecule has 1 spiro atoms. The first-order valence-corrected chi connectivity index (χ1v) is 6.39. The third-order valence-electron chi connectivity index (χ3n) is 4.52. The van der Waals surface area contributed by atoms with Gasteiger partial charge >= 0.3 is 0 Å². The van der Waals surface area contributed by atoms with Crippen LogP contribution in [0.4, 0.5) is 0 Å². The van der Waals surface area contributed by atoms with Crippen molar-refractivity contribution in [3.05, 3.63) is 0 Å². The monoisotopic (exact) mass is 194 g/mol. The van der Waals surface area contributed by atoms with E-state index in [4.69, 9.17) is 0 Å². The van der Waals surface area contributed by atoms with Gasteiger partial charge in [-0.1, -0.05) is 25.7 Å². The lowest BCUT2D eigenvalue weighted by Crippen LogP contribution is -2.67. The summed E-state index contributed by atoms with van der Waals surface area (Å²) >= 11 is 0. The molecule has 80 valence electrons. The Bertz CT molecular complexity index is 208. The van der Waals surface area contributed by atoms with Crippen LogP contribution in [-0.4, -0.2) is 24.2 Å². The summed E-state index contributed by atoms with van der Waals surface area (Å²) in [6, 6.07) is 1.57. The van der Waals surface area contributed by atoms with Crippen LogP contribution >= 0.6 is 0 Å². The number of piperazine rings is 1. The fraction of sp³-hybridized carbons (Fsp3) is 1.00. The summed E-state index contributed by atoms with van der Waals surface area (Å²) in [7, 11) is 0. The van der Waals surface area contributed by atoms with Crippen molar-refractivity contribution in [1.29, 1.82) is 0 Å². The number of fused-ring (bicyclic) bond motifs is 1. The molecule has 0 aromatic carbocycles. The molecule has 0 radical (unpaired) electrons. The first-order valence-electron chi connectivity index (χ1n) is 6.39. The summed E-state index contributed by atoms with van der Waals surface area (Å²) in [5, 5.41) is 7.76. The van der Waals surface area contributed by atoms with E-state index in [2.05, 4.69) is 10.6 Å². The predicted octanol–water partition coefficient (Wildman–Crippen LogP) is 1.80. The zero-order valence-electron chi connectivity index (χ0n) is 9.02. The van der Waals surface area contributed by atoms with E-state index in [0.717, 1.165) is 12.1 Å². The molecule has 1 saturated heterocycles. The van der Waals surface area contributed by atoms with Crippen LogP contribution in [0.1, 0.15) is 51.4 Å². The van der Waals surface area contributed by atoms with E-state index in [1.54, 1.807) is 0 Å². The molecule has 0 bridgehead atoms. The van der Waals surface area contributed by atoms with Crippen molar-refractivity contribution in [2.24, 2.45) is 0 Å². The third-order valence-corrected chi connectivity index (χ3v) is 4.52. The van der Waals surface area contributed by atoms with Gasteiger partial charge in [0.25, 0.3) is 0 Å². The molecule has 2 atom stereocenters. The van der Waals surface area contributed by atoms with Gasteiger partial charge in [-0.15, -0.1) is 0 Å². The van der Waals surface area contributed by atoms with E-state index >= 15 is 0 Å². The van der Waals surface area contributed by atoms with Crippen molar-refractivity contribution in [3.63, 3.8) is 0 Å². The molecule has 2 aliphatic carbocycles. The minimum Gasteiger partial charge on any atom is -0.311 e. The zero-order chi connectivity index (χ0) is 9.43. The van der Waals surface area contributed by atoms with Crippen LogP contribution in [0, 0.1) is 0 Å². The average molecular weight is 194 g/mol. The highest BCUT2D eigenvalue weighted by Crippen LogP contribution is 2.34. The highest BCUT2D eigenvalue weighted by atomic mass is 15.2. The van der Waals surface area contributed by atoms with Crippen molar-refractivity contribution in [2.45, 2.75) is 69.0 Å². The first-order chi connectivity index (χ1) is 6.88. The molecule has 3 aliphatic rings. The number of hydrogen-bond acceptors (Lipinski definition) is 2. The molecule has 0 amide bonds. The van der Waals surface area contributed by atoms with Crippen molar-refractivity contribution in [2.75, 3.05) is 6.54 Å².